The quantitative estimate of drug-likeness (QED) is 0.677. The van der Waals surface area contributed by atoms with E-state index >= 15 is 0 Å². The second kappa shape index (κ2) is 5.00. The zero-order valence-corrected chi connectivity index (χ0v) is 9.08. The van der Waals surface area contributed by atoms with Crippen molar-refractivity contribution in [3.63, 3.8) is 0 Å². The van der Waals surface area contributed by atoms with E-state index < -0.39 is 6.10 Å². The first kappa shape index (κ1) is 11.8. The summed E-state index contributed by atoms with van der Waals surface area (Å²) in [7, 11) is 0. The van der Waals surface area contributed by atoms with Crippen LogP contribution in [0.25, 0.3) is 0 Å². The second-order valence-corrected chi connectivity index (χ2v) is 3.67. The SMILES string of the molecule is C[C@H](O)CNC(=O)c1cccc(Cl)c1N. The maximum atomic E-state index is 11.6. The van der Waals surface area contributed by atoms with Gasteiger partial charge < -0.3 is 16.2 Å². The first-order valence-electron chi connectivity index (χ1n) is 4.52. The Morgan fingerprint density at radius 2 is 2.33 bits per heavy atom. The minimum absolute atomic E-state index is 0.185. The fraction of sp³-hybridized carbons (Fsp3) is 0.300. The lowest BCUT2D eigenvalue weighted by atomic mass is 10.1. The summed E-state index contributed by atoms with van der Waals surface area (Å²) in [6.07, 6.45) is -0.589. The lowest BCUT2D eigenvalue weighted by molar-refractivity contribution is 0.0925. The normalized spacial score (nSPS) is 12.2. The van der Waals surface area contributed by atoms with Crippen molar-refractivity contribution in [3.8, 4) is 0 Å². The number of aliphatic hydroxyl groups is 1. The molecule has 5 heteroatoms. The summed E-state index contributed by atoms with van der Waals surface area (Å²) < 4.78 is 0. The molecule has 4 N–H and O–H groups in total. The van der Waals surface area contributed by atoms with Gasteiger partial charge in [0.25, 0.3) is 5.91 Å². The molecule has 0 aliphatic rings. The standard InChI is InChI=1S/C10H13ClN2O2/c1-6(14)5-13-10(15)7-3-2-4-8(11)9(7)12/h2-4,6,14H,5,12H2,1H3,(H,13,15)/t6-/m0/s1. The largest absolute Gasteiger partial charge is 0.397 e. The van der Waals surface area contributed by atoms with E-state index in [2.05, 4.69) is 5.32 Å². The second-order valence-electron chi connectivity index (χ2n) is 3.26. The van der Waals surface area contributed by atoms with Gasteiger partial charge in [-0.1, -0.05) is 17.7 Å². The average molecular weight is 229 g/mol. The van der Waals surface area contributed by atoms with Crippen LogP contribution in [0.2, 0.25) is 5.02 Å². The van der Waals surface area contributed by atoms with Gasteiger partial charge >= 0.3 is 0 Å². The van der Waals surface area contributed by atoms with Gasteiger partial charge in [0.2, 0.25) is 0 Å². The average Bonchev–Trinajstić information content (AvgIpc) is 2.18. The monoisotopic (exact) mass is 228 g/mol. The lowest BCUT2D eigenvalue weighted by Crippen LogP contribution is -2.31. The van der Waals surface area contributed by atoms with E-state index in [9.17, 15) is 4.79 Å². The summed E-state index contributed by atoms with van der Waals surface area (Å²) in [5, 5.41) is 11.9. The van der Waals surface area contributed by atoms with Crippen LogP contribution >= 0.6 is 11.6 Å². The molecule has 0 spiro atoms. The van der Waals surface area contributed by atoms with Gasteiger partial charge in [-0.25, -0.2) is 0 Å². The number of hydrogen-bond donors (Lipinski definition) is 3. The Kier molecular flexibility index (Phi) is 3.94. The van der Waals surface area contributed by atoms with Crippen LogP contribution in [-0.4, -0.2) is 23.7 Å². The molecule has 1 amide bonds. The molecule has 82 valence electrons. The first-order chi connectivity index (χ1) is 7.02. The minimum Gasteiger partial charge on any atom is -0.397 e. The minimum atomic E-state index is -0.589. The Morgan fingerprint density at radius 3 is 2.93 bits per heavy atom. The number of amides is 1. The summed E-state index contributed by atoms with van der Waals surface area (Å²) in [6.45, 7) is 1.77. The van der Waals surface area contributed by atoms with Crippen LogP contribution in [-0.2, 0) is 0 Å². The highest BCUT2D eigenvalue weighted by Gasteiger charge is 2.11. The molecule has 15 heavy (non-hydrogen) atoms. The van der Waals surface area contributed by atoms with Crippen LogP contribution in [0, 0.1) is 0 Å². The summed E-state index contributed by atoms with van der Waals surface area (Å²) >= 11 is 5.77. The van der Waals surface area contributed by atoms with Crippen molar-refractivity contribution in [1.29, 1.82) is 0 Å². The summed E-state index contributed by atoms with van der Waals surface area (Å²) in [5.41, 5.74) is 6.21. The number of halogens is 1. The van der Waals surface area contributed by atoms with Gasteiger partial charge in [-0.2, -0.15) is 0 Å². The summed E-state index contributed by atoms with van der Waals surface area (Å²) in [4.78, 5) is 11.6. The molecule has 0 heterocycles. The Balaban J connectivity index is 2.78. The Hall–Kier alpha value is -1.26. The van der Waals surface area contributed by atoms with Gasteiger partial charge in [-0.3, -0.25) is 4.79 Å². The van der Waals surface area contributed by atoms with E-state index in [-0.39, 0.29) is 18.1 Å². The number of nitrogens with two attached hydrogens (primary N) is 1. The van der Waals surface area contributed by atoms with Gasteiger partial charge in [-0.15, -0.1) is 0 Å². The first-order valence-corrected chi connectivity index (χ1v) is 4.90. The smallest absolute Gasteiger partial charge is 0.253 e. The zero-order valence-electron chi connectivity index (χ0n) is 8.33. The number of para-hydroxylation sites is 1. The topological polar surface area (TPSA) is 75.3 Å². The molecule has 0 radical (unpaired) electrons. The molecule has 0 saturated carbocycles. The molecule has 0 unspecified atom stereocenters. The van der Waals surface area contributed by atoms with E-state index in [0.29, 0.717) is 10.6 Å². The maximum Gasteiger partial charge on any atom is 0.253 e. The zero-order chi connectivity index (χ0) is 11.4. The highest BCUT2D eigenvalue weighted by atomic mass is 35.5. The van der Waals surface area contributed by atoms with Gasteiger partial charge in [0.05, 0.1) is 22.4 Å². The van der Waals surface area contributed by atoms with Crippen LogP contribution < -0.4 is 11.1 Å². The molecule has 0 saturated heterocycles. The molecular formula is C10H13ClN2O2. The lowest BCUT2D eigenvalue weighted by Gasteiger charge is -2.09. The van der Waals surface area contributed by atoms with Crippen molar-refractivity contribution in [2.24, 2.45) is 0 Å². The molecule has 0 bridgehead atoms. The van der Waals surface area contributed by atoms with Crippen molar-refractivity contribution in [3.05, 3.63) is 28.8 Å². The molecule has 0 aliphatic carbocycles. The maximum absolute atomic E-state index is 11.6. The Labute approximate surface area is 93.0 Å². The van der Waals surface area contributed by atoms with Crippen molar-refractivity contribution in [1.82, 2.24) is 5.32 Å². The molecule has 1 atom stereocenters. The Bertz CT molecular complexity index is 366. The molecule has 0 fully saturated rings. The number of anilines is 1. The highest BCUT2D eigenvalue weighted by molar-refractivity contribution is 6.33. The highest BCUT2D eigenvalue weighted by Crippen LogP contribution is 2.21. The number of aliphatic hydroxyl groups excluding tert-OH is 1. The van der Waals surface area contributed by atoms with Crippen LogP contribution in [0.15, 0.2) is 18.2 Å². The number of rotatable bonds is 3. The van der Waals surface area contributed by atoms with Crippen LogP contribution in [0.3, 0.4) is 0 Å². The number of carbonyl (C=O) groups excluding carboxylic acids is 1. The summed E-state index contributed by atoms with van der Waals surface area (Å²) in [6, 6.07) is 4.84. The number of nitrogen functional groups attached to an aromatic ring is 1. The molecule has 4 nitrogen and oxygen atoms in total. The van der Waals surface area contributed by atoms with Crippen molar-refractivity contribution in [2.45, 2.75) is 13.0 Å². The van der Waals surface area contributed by atoms with Crippen molar-refractivity contribution < 1.29 is 9.90 Å². The molecule has 1 aromatic carbocycles. The van der Waals surface area contributed by atoms with Crippen molar-refractivity contribution >= 4 is 23.2 Å². The van der Waals surface area contributed by atoms with Gasteiger partial charge in [0.15, 0.2) is 0 Å². The van der Waals surface area contributed by atoms with Crippen LogP contribution in [0.5, 0.6) is 0 Å². The number of benzene rings is 1. The number of carbonyl (C=O) groups is 1. The predicted octanol–water partition coefficient (Wildman–Crippen LogP) is 1.03. The summed E-state index contributed by atoms with van der Waals surface area (Å²) in [5.74, 6) is -0.337. The Morgan fingerprint density at radius 1 is 1.67 bits per heavy atom. The third-order valence-electron chi connectivity index (χ3n) is 1.86. The number of nitrogens with one attached hydrogen (secondary N) is 1. The van der Waals surface area contributed by atoms with E-state index in [4.69, 9.17) is 22.4 Å². The third-order valence-corrected chi connectivity index (χ3v) is 2.19. The number of hydrogen-bond acceptors (Lipinski definition) is 3. The van der Waals surface area contributed by atoms with E-state index in [1.54, 1.807) is 25.1 Å². The fourth-order valence-electron chi connectivity index (χ4n) is 1.07. The molecule has 1 aromatic rings. The molecule has 0 aliphatic heterocycles. The van der Waals surface area contributed by atoms with E-state index in [0.717, 1.165) is 0 Å². The van der Waals surface area contributed by atoms with Gasteiger partial charge in [0, 0.05) is 6.54 Å². The predicted molar refractivity (Wildman–Crippen MR) is 59.9 cm³/mol. The van der Waals surface area contributed by atoms with Gasteiger partial charge in [-0.05, 0) is 19.1 Å². The van der Waals surface area contributed by atoms with Crippen LogP contribution in [0.1, 0.15) is 17.3 Å². The van der Waals surface area contributed by atoms with E-state index in [1.807, 2.05) is 0 Å². The molecule has 0 aromatic heterocycles. The molecule has 1 rings (SSSR count). The van der Waals surface area contributed by atoms with Crippen LogP contribution in [0.4, 0.5) is 5.69 Å². The van der Waals surface area contributed by atoms with E-state index in [1.165, 1.54) is 0 Å². The molecular weight excluding hydrogens is 216 g/mol. The fourth-order valence-corrected chi connectivity index (χ4v) is 1.25. The van der Waals surface area contributed by atoms with Gasteiger partial charge in [0.1, 0.15) is 0 Å². The van der Waals surface area contributed by atoms with Crippen molar-refractivity contribution in [2.75, 3.05) is 12.3 Å². The third kappa shape index (κ3) is 3.11.